The van der Waals surface area contributed by atoms with Crippen molar-refractivity contribution in [1.82, 2.24) is 14.1 Å². The summed E-state index contributed by atoms with van der Waals surface area (Å²) in [6.07, 6.45) is 3.94. The molecule has 0 bridgehead atoms. The average Bonchev–Trinajstić information content (AvgIpc) is 3.12. The van der Waals surface area contributed by atoms with Crippen LogP contribution in [0.3, 0.4) is 0 Å². The van der Waals surface area contributed by atoms with Crippen molar-refractivity contribution in [3.63, 3.8) is 0 Å². The Labute approximate surface area is 183 Å². The molecule has 2 fully saturated rings. The lowest BCUT2D eigenvalue weighted by atomic mass is 10.2. The van der Waals surface area contributed by atoms with Gasteiger partial charge in [0.25, 0.3) is 5.91 Å². The van der Waals surface area contributed by atoms with Gasteiger partial charge in [-0.1, -0.05) is 25.0 Å². The number of carbonyl (C=O) groups is 1. The van der Waals surface area contributed by atoms with Gasteiger partial charge in [0.1, 0.15) is 0 Å². The van der Waals surface area contributed by atoms with Crippen LogP contribution in [-0.2, 0) is 16.6 Å². The van der Waals surface area contributed by atoms with Gasteiger partial charge in [0.2, 0.25) is 10.0 Å². The second-order valence-corrected chi connectivity index (χ2v) is 11.0. The Balaban J connectivity index is 1.41. The third-order valence-corrected chi connectivity index (χ3v) is 8.66. The Morgan fingerprint density at radius 2 is 1.63 bits per heavy atom. The van der Waals surface area contributed by atoms with Crippen LogP contribution in [0, 0.1) is 0 Å². The normalized spacial score (nSPS) is 19.5. The molecule has 4 rings (SSSR count). The minimum absolute atomic E-state index is 0.0845. The number of sulfonamides is 1. The fourth-order valence-electron chi connectivity index (χ4n) is 4.14. The van der Waals surface area contributed by atoms with Gasteiger partial charge in [0.15, 0.2) is 0 Å². The lowest BCUT2D eigenvalue weighted by molar-refractivity contribution is 0.0629. The summed E-state index contributed by atoms with van der Waals surface area (Å²) in [5.41, 5.74) is 0.456. The zero-order valence-electron chi connectivity index (χ0n) is 17.2. The van der Waals surface area contributed by atoms with Gasteiger partial charge in [-0.15, -0.1) is 11.3 Å². The number of benzene rings is 1. The van der Waals surface area contributed by atoms with Crippen LogP contribution in [0.5, 0.6) is 0 Å². The zero-order valence-corrected chi connectivity index (χ0v) is 18.8. The van der Waals surface area contributed by atoms with Crippen molar-refractivity contribution in [3.05, 3.63) is 52.2 Å². The number of nitrogens with zero attached hydrogens (tertiary/aromatic N) is 3. The highest BCUT2D eigenvalue weighted by Gasteiger charge is 2.27. The number of amides is 1. The van der Waals surface area contributed by atoms with Gasteiger partial charge in [-0.05, 0) is 42.5 Å². The maximum Gasteiger partial charge on any atom is 0.253 e. The first kappa shape index (κ1) is 21.5. The van der Waals surface area contributed by atoms with Crippen LogP contribution in [0.25, 0.3) is 0 Å². The van der Waals surface area contributed by atoms with Crippen LogP contribution >= 0.6 is 11.3 Å². The number of thiophene rings is 1. The molecule has 0 unspecified atom stereocenters. The Bertz CT molecular complexity index is 944. The molecule has 2 aromatic rings. The van der Waals surface area contributed by atoms with E-state index in [4.69, 9.17) is 0 Å². The number of carbonyl (C=O) groups excluding carboxylic acids is 1. The van der Waals surface area contributed by atoms with E-state index in [9.17, 15) is 13.2 Å². The minimum Gasteiger partial charge on any atom is -0.336 e. The van der Waals surface area contributed by atoms with Gasteiger partial charge >= 0.3 is 0 Å². The molecule has 3 heterocycles. The summed E-state index contributed by atoms with van der Waals surface area (Å²) in [7, 11) is -3.55. The predicted molar refractivity (Wildman–Crippen MR) is 119 cm³/mol. The molecule has 0 saturated carbocycles. The lowest BCUT2D eigenvalue weighted by Crippen LogP contribution is -2.48. The second kappa shape index (κ2) is 9.60. The van der Waals surface area contributed by atoms with Crippen molar-refractivity contribution in [1.29, 1.82) is 0 Å². The van der Waals surface area contributed by atoms with Gasteiger partial charge in [-0.3, -0.25) is 9.69 Å². The summed E-state index contributed by atoms with van der Waals surface area (Å²) in [6, 6.07) is 10.8. The molecule has 2 saturated heterocycles. The Hall–Kier alpha value is -1.74. The van der Waals surface area contributed by atoms with Gasteiger partial charge in [0, 0.05) is 56.3 Å². The SMILES string of the molecule is O=C(c1cccc(S(=O)(=O)N2CCCCCC2)c1)N1CCN(Cc2cccs2)CC1. The van der Waals surface area contributed by atoms with Crippen LogP contribution < -0.4 is 0 Å². The average molecular weight is 448 g/mol. The Morgan fingerprint density at radius 1 is 0.900 bits per heavy atom. The predicted octanol–water partition coefficient (Wildman–Crippen LogP) is 3.27. The summed E-state index contributed by atoms with van der Waals surface area (Å²) >= 11 is 1.75. The second-order valence-electron chi connectivity index (χ2n) is 7.99. The third kappa shape index (κ3) is 4.94. The fourth-order valence-corrected chi connectivity index (χ4v) is 6.44. The molecule has 162 valence electrons. The molecular formula is C22H29N3O3S2. The highest BCUT2D eigenvalue weighted by molar-refractivity contribution is 7.89. The standard InChI is InChI=1S/C22H29N3O3S2/c26-22(24-14-12-23(13-15-24)18-20-8-6-16-29-20)19-7-5-9-21(17-19)30(27,28)25-10-3-1-2-4-11-25/h5-9,16-17H,1-4,10-15,18H2. The summed E-state index contributed by atoms with van der Waals surface area (Å²) < 4.78 is 27.7. The van der Waals surface area contributed by atoms with Crippen molar-refractivity contribution < 1.29 is 13.2 Å². The molecule has 1 amide bonds. The topological polar surface area (TPSA) is 60.9 Å². The van der Waals surface area contributed by atoms with E-state index in [1.807, 2.05) is 4.90 Å². The molecule has 0 spiro atoms. The van der Waals surface area contributed by atoms with Crippen LogP contribution in [-0.4, -0.2) is 67.7 Å². The number of piperazine rings is 1. The van der Waals surface area contributed by atoms with Crippen LogP contribution in [0.15, 0.2) is 46.7 Å². The van der Waals surface area contributed by atoms with E-state index in [2.05, 4.69) is 22.4 Å². The van der Waals surface area contributed by atoms with Gasteiger partial charge in [-0.2, -0.15) is 4.31 Å². The van der Waals surface area contributed by atoms with Crippen molar-refractivity contribution >= 4 is 27.3 Å². The zero-order chi connectivity index (χ0) is 21.0. The van der Waals surface area contributed by atoms with Crippen LogP contribution in [0.1, 0.15) is 40.9 Å². The van der Waals surface area contributed by atoms with E-state index >= 15 is 0 Å². The van der Waals surface area contributed by atoms with Crippen LogP contribution in [0.2, 0.25) is 0 Å². The first-order valence-corrected chi connectivity index (χ1v) is 13.0. The van der Waals surface area contributed by atoms with Gasteiger partial charge in [-0.25, -0.2) is 8.42 Å². The maximum absolute atomic E-state index is 13.1. The van der Waals surface area contributed by atoms with E-state index in [0.29, 0.717) is 31.7 Å². The lowest BCUT2D eigenvalue weighted by Gasteiger charge is -2.34. The smallest absolute Gasteiger partial charge is 0.253 e. The molecular weight excluding hydrogens is 418 g/mol. The highest BCUT2D eigenvalue weighted by atomic mass is 32.2. The van der Waals surface area contributed by atoms with Crippen molar-refractivity contribution in [2.45, 2.75) is 37.1 Å². The number of hydrogen-bond acceptors (Lipinski definition) is 5. The third-order valence-electron chi connectivity index (χ3n) is 5.90. The maximum atomic E-state index is 13.1. The quantitative estimate of drug-likeness (QED) is 0.706. The van der Waals surface area contributed by atoms with E-state index in [-0.39, 0.29) is 10.8 Å². The first-order valence-electron chi connectivity index (χ1n) is 10.7. The van der Waals surface area contributed by atoms with Gasteiger partial charge < -0.3 is 4.90 Å². The summed E-state index contributed by atoms with van der Waals surface area (Å²) in [5.74, 6) is -0.0845. The fraction of sp³-hybridized carbons (Fsp3) is 0.500. The van der Waals surface area contributed by atoms with Crippen molar-refractivity contribution in [2.75, 3.05) is 39.3 Å². The van der Waals surface area contributed by atoms with E-state index in [1.54, 1.807) is 39.9 Å². The molecule has 30 heavy (non-hydrogen) atoms. The highest BCUT2D eigenvalue weighted by Crippen LogP contribution is 2.22. The molecule has 2 aliphatic heterocycles. The summed E-state index contributed by atoms with van der Waals surface area (Å²) in [4.78, 5) is 18.8. The molecule has 0 radical (unpaired) electrons. The van der Waals surface area contributed by atoms with Crippen molar-refractivity contribution in [3.8, 4) is 0 Å². The molecule has 2 aliphatic rings. The monoisotopic (exact) mass is 447 g/mol. The molecule has 1 aromatic carbocycles. The van der Waals surface area contributed by atoms with Gasteiger partial charge in [0.05, 0.1) is 4.90 Å². The molecule has 0 atom stereocenters. The Kier molecular flexibility index (Phi) is 6.87. The van der Waals surface area contributed by atoms with E-state index < -0.39 is 10.0 Å². The van der Waals surface area contributed by atoms with E-state index in [0.717, 1.165) is 45.3 Å². The summed E-state index contributed by atoms with van der Waals surface area (Å²) in [6.45, 7) is 5.02. The first-order chi connectivity index (χ1) is 14.5. The summed E-state index contributed by atoms with van der Waals surface area (Å²) in [5, 5.41) is 2.09. The largest absolute Gasteiger partial charge is 0.336 e. The molecule has 6 nitrogen and oxygen atoms in total. The number of hydrogen-bond donors (Lipinski definition) is 0. The minimum atomic E-state index is -3.55. The number of rotatable bonds is 5. The molecule has 8 heteroatoms. The van der Waals surface area contributed by atoms with E-state index in [1.165, 1.54) is 4.88 Å². The molecule has 1 aromatic heterocycles. The Morgan fingerprint density at radius 3 is 2.30 bits per heavy atom. The van der Waals surface area contributed by atoms with Crippen LogP contribution in [0.4, 0.5) is 0 Å². The molecule has 0 N–H and O–H groups in total. The van der Waals surface area contributed by atoms with Crippen molar-refractivity contribution in [2.24, 2.45) is 0 Å². The molecule has 0 aliphatic carbocycles.